The molecule has 4 heteroatoms. The van der Waals surface area contributed by atoms with Gasteiger partial charge in [0, 0.05) is 19.6 Å². The zero-order valence-electron chi connectivity index (χ0n) is 12.4. The first-order valence-corrected chi connectivity index (χ1v) is 7.22. The molecule has 1 aromatic rings. The van der Waals surface area contributed by atoms with Crippen molar-refractivity contribution >= 4 is 5.97 Å². The number of carboxylic acids is 1. The Morgan fingerprint density at radius 1 is 1.20 bits per heavy atom. The maximum Gasteiger partial charge on any atom is 0.315 e. The van der Waals surface area contributed by atoms with E-state index in [1.807, 2.05) is 37.3 Å². The van der Waals surface area contributed by atoms with Gasteiger partial charge in [-0.1, -0.05) is 30.3 Å². The van der Waals surface area contributed by atoms with Gasteiger partial charge in [-0.25, -0.2) is 0 Å². The largest absolute Gasteiger partial charge is 0.481 e. The Hall–Kier alpha value is -1.39. The molecule has 1 aliphatic heterocycles. The van der Waals surface area contributed by atoms with Gasteiger partial charge in [0.2, 0.25) is 0 Å². The van der Waals surface area contributed by atoms with E-state index >= 15 is 0 Å². The van der Waals surface area contributed by atoms with Crippen LogP contribution in [0.1, 0.15) is 18.9 Å². The van der Waals surface area contributed by atoms with Crippen LogP contribution in [0, 0.1) is 0 Å². The maximum atomic E-state index is 11.8. The minimum absolute atomic E-state index is 0.570. The molecule has 0 spiro atoms. The number of likely N-dealkylation sites (N-methyl/N-ethyl adjacent to an activating group) is 1. The van der Waals surface area contributed by atoms with Gasteiger partial charge in [0.1, 0.15) is 5.41 Å². The van der Waals surface area contributed by atoms with E-state index in [-0.39, 0.29) is 0 Å². The molecule has 4 nitrogen and oxygen atoms in total. The van der Waals surface area contributed by atoms with Crippen molar-refractivity contribution < 1.29 is 9.90 Å². The van der Waals surface area contributed by atoms with E-state index in [1.54, 1.807) is 0 Å². The van der Waals surface area contributed by atoms with Crippen LogP contribution in [-0.2, 0) is 10.2 Å². The summed E-state index contributed by atoms with van der Waals surface area (Å²) in [7, 11) is 2.12. The quantitative estimate of drug-likeness (QED) is 0.908. The second-order valence-corrected chi connectivity index (χ2v) is 5.94. The summed E-state index contributed by atoms with van der Waals surface area (Å²) in [6, 6.07) is 9.57. The Morgan fingerprint density at radius 3 is 2.55 bits per heavy atom. The van der Waals surface area contributed by atoms with E-state index in [9.17, 15) is 9.90 Å². The highest BCUT2D eigenvalue weighted by Crippen LogP contribution is 2.26. The van der Waals surface area contributed by atoms with Gasteiger partial charge in [-0.3, -0.25) is 4.79 Å². The van der Waals surface area contributed by atoms with Crippen LogP contribution in [-0.4, -0.2) is 60.6 Å². The third-order valence-corrected chi connectivity index (χ3v) is 4.23. The van der Waals surface area contributed by atoms with E-state index in [0.29, 0.717) is 6.54 Å². The van der Waals surface area contributed by atoms with Crippen LogP contribution in [0.3, 0.4) is 0 Å². The van der Waals surface area contributed by atoms with Gasteiger partial charge < -0.3 is 14.9 Å². The zero-order chi connectivity index (χ0) is 14.6. The molecule has 0 aliphatic carbocycles. The predicted molar refractivity (Wildman–Crippen MR) is 80.0 cm³/mol. The van der Waals surface area contributed by atoms with Crippen LogP contribution in [0.5, 0.6) is 0 Å². The molecule has 2 rings (SSSR count). The van der Waals surface area contributed by atoms with E-state index in [0.717, 1.165) is 38.2 Å². The van der Waals surface area contributed by atoms with E-state index < -0.39 is 11.4 Å². The first-order chi connectivity index (χ1) is 9.52. The van der Waals surface area contributed by atoms with Gasteiger partial charge in [-0.2, -0.15) is 0 Å². The molecule has 0 radical (unpaired) electrons. The van der Waals surface area contributed by atoms with Crippen molar-refractivity contribution in [3.63, 3.8) is 0 Å². The molecule has 1 fully saturated rings. The molecular formula is C16H24N2O2. The molecular weight excluding hydrogens is 252 g/mol. The fourth-order valence-electron chi connectivity index (χ4n) is 2.79. The summed E-state index contributed by atoms with van der Waals surface area (Å²) in [5, 5.41) is 9.70. The van der Waals surface area contributed by atoms with Crippen molar-refractivity contribution in [2.45, 2.75) is 18.8 Å². The highest BCUT2D eigenvalue weighted by Gasteiger charge is 2.37. The Labute approximate surface area is 121 Å². The third-order valence-electron chi connectivity index (χ3n) is 4.23. The number of rotatable bonds is 4. The Morgan fingerprint density at radius 2 is 1.90 bits per heavy atom. The molecule has 1 saturated heterocycles. The van der Waals surface area contributed by atoms with Gasteiger partial charge in [-0.05, 0) is 39.0 Å². The predicted octanol–water partition coefficient (Wildman–Crippen LogP) is 1.67. The minimum atomic E-state index is -0.843. The van der Waals surface area contributed by atoms with Crippen molar-refractivity contribution in [2.24, 2.45) is 0 Å². The summed E-state index contributed by atoms with van der Waals surface area (Å²) < 4.78 is 0. The highest BCUT2D eigenvalue weighted by atomic mass is 16.4. The van der Waals surface area contributed by atoms with Crippen molar-refractivity contribution in [3.05, 3.63) is 35.9 Å². The Balaban J connectivity index is 2.15. The lowest BCUT2D eigenvalue weighted by molar-refractivity contribution is -0.144. The first-order valence-electron chi connectivity index (χ1n) is 7.22. The number of carbonyl (C=O) groups is 1. The summed E-state index contributed by atoms with van der Waals surface area (Å²) in [5.41, 5.74) is 0.0366. The molecule has 110 valence electrons. The normalized spacial score (nSPS) is 21.1. The van der Waals surface area contributed by atoms with Crippen molar-refractivity contribution in [3.8, 4) is 0 Å². The molecule has 0 bridgehead atoms. The van der Waals surface area contributed by atoms with Gasteiger partial charge >= 0.3 is 5.97 Å². The Bertz CT molecular complexity index is 449. The molecule has 1 N–H and O–H groups in total. The molecule has 1 aliphatic rings. The molecule has 1 unspecified atom stereocenters. The second-order valence-electron chi connectivity index (χ2n) is 5.94. The lowest BCUT2D eigenvalue weighted by Crippen LogP contribution is -2.45. The molecule has 20 heavy (non-hydrogen) atoms. The number of carboxylic acid groups (broad SMARTS) is 1. The van der Waals surface area contributed by atoms with Gasteiger partial charge in [0.05, 0.1) is 0 Å². The van der Waals surface area contributed by atoms with Crippen LogP contribution in [0.15, 0.2) is 30.3 Å². The van der Waals surface area contributed by atoms with Crippen LogP contribution in [0.4, 0.5) is 0 Å². The van der Waals surface area contributed by atoms with Crippen LogP contribution in [0.2, 0.25) is 0 Å². The molecule has 1 aromatic carbocycles. The van der Waals surface area contributed by atoms with Gasteiger partial charge in [-0.15, -0.1) is 0 Å². The molecule has 0 saturated carbocycles. The third kappa shape index (κ3) is 3.38. The number of hydrogen-bond donors (Lipinski definition) is 1. The minimum Gasteiger partial charge on any atom is -0.481 e. The average molecular weight is 276 g/mol. The van der Waals surface area contributed by atoms with E-state index in [1.165, 1.54) is 0 Å². The lowest BCUT2D eigenvalue weighted by atomic mass is 9.82. The highest BCUT2D eigenvalue weighted by molar-refractivity contribution is 5.81. The zero-order valence-corrected chi connectivity index (χ0v) is 12.4. The summed E-state index contributed by atoms with van der Waals surface area (Å²) in [6.07, 6.45) is 1.10. The standard InChI is InChI=1S/C16H24N2O2/c1-16(15(19)20,14-7-4-3-5-8-14)13-18-10-6-9-17(2)11-12-18/h3-5,7-8H,6,9-13H2,1-2H3,(H,19,20). The monoisotopic (exact) mass is 276 g/mol. The van der Waals surface area contributed by atoms with E-state index in [4.69, 9.17) is 0 Å². The molecule has 1 atom stereocenters. The Kier molecular flexibility index (Phi) is 4.78. The van der Waals surface area contributed by atoms with Crippen LogP contribution < -0.4 is 0 Å². The second kappa shape index (κ2) is 6.37. The van der Waals surface area contributed by atoms with Crippen molar-refractivity contribution in [1.82, 2.24) is 9.80 Å². The molecule has 1 heterocycles. The lowest BCUT2D eigenvalue weighted by Gasteiger charge is -2.32. The SMILES string of the molecule is CN1CCCN(CC(C)(C(=O)O)c2ccccc2)CC1. The number of hydrogen-bond acceptors (Lipinski definition) is 3. The molecule has 0 amide bonds. The average Bonchev–Trinajstić information content (AvgIpc) is 2.64. The number of nitrogens with zero attached hydrogens (tertiary/aromatic N) is 2. The summed E-state index contributed by atoms with van der Waals surface area (Å²) in [5.74, 6) is -0.749. The fraction of sp³-hybridized carbons (Fsp3) is 0.562. The fourth-order valence-corrected chi connectivity index (χ4v) is 2.79. The first kappa shape index (κ1) is 15.0. The number of aliphatic carboxylic acids is 1. The van der Waals surface area contributed by atoms with Gasteiger partial charge in [0.25, 0.3) is 0 Å². The smallest absolute Gasteiger partial charge is 0.315 e. The number of benzene rings is 1. The van der Waals surface area contributed by atoms with E-state index in [2.05, 4.69) is 16.8 Å². The van der Waals surface area contributed by atoms with Crippen LogP contribution >= 0.6 is 0 Å². The summed E-state index contributed by atoms with van der Waals surface area (Å²) in [6.45, 7) is 6.40. The summed E-state index contributed by atoms with van der Waals surface area (Å²) in [4.78, 5) is 16.4. The van der Waals surface area contributed by atoms with Gasteiger partial charge in [0.15, 0.2) is 0 Å². The summed E-state index contributed by atoms with van der Waals surface area (Å²) >= 11 is 0. The topological polar surface area (TPSA) is 43.8 Å². The maximum absolute atomic E-state index is 11.8. The van der Waals surface area contributed by atoms with Crippen LogP contribution in [0.25, 0.3) is 0 Å². The molecule has 0 aromatic heterocycles. The van der Waals surface area contributed by atoms with Crippen molar-refractivity contribution in [2.75, 3.05) is 39.8 Å². The van der Waals surface area contributed by atoms with Crippen molar-refractivity contribution in [1.29, 1.82) is 0 Å².